The van der Waals surface area contributed by atoms with Crippen LogP contribution in [-0.4, -0.2) is 29.5 Å². The Morgan fingerprint density at radius 2 is 2.21 bits per heavy atom. The summed E-state index contributed by atoms with van der Waals surface area (Å²) in [5.41, 5.74) is 0.833. The van der Waals surface area contributed by atoms with E-state index < -0.39 is 17.8 Å². The number of carboxylic acids is 1. The van der Waals surface area contributed by atoms with E-state index in [0.717, 1.165) is 0 Å². The minimum Gasteiger partial charge on any atom is -0.482 e. The Balaban J connectivity index is 2.14. The zero-order valence-electron chi connectivity index (χ0n) is 10.1. The molecule has 0 spiro atoms. The maximum absolute atomic E-state index is 11.6. The molecule has 100 valence electrons. The molecule has 0 aliphatic carbocycles. The van der Waals surface area contributed by atoms with Crippen LogP contribution in [-0.2, 0) is 14.4 Å². The van der Waals surface area contributed by atoms with Crippen LogP contribution < -0.4 is 15.4 Å². The number of anilines is 2. The van der Waals surface area contributed by atoms with Gasteiger partial charge in [0.15, 0.2) is 6.61 Å². The second-order valence-electron chi connectivity index (χ2n) is 4.10. The standard InChI is InChI=1S/C12H12N2O5/c1-6(12(17)18)11(16)13-7-2-3-9-8(4-7)14-10(15)5-19-9/h2-4,6H,5H2,1H3,(H,13,16)(H,14,15)(H,17,18). The van der Waals surface area contributed by atoms with Crippen molar-refractivity contribution in [1.29, 1.82) is 0 Å². The number of carbonyl (C=O) groups excluding carboxylic acids is 2. The zero-order valence-corrected chi connectivity index (χ0v) is 10.1. The number of fused-ring (bicyclic) bond motifs is 1. The molecule has 1 atom stereocenters. The predicted molar refractivity (Wildman–Crippen MR) is 66.0 cm³/mol. The Morgan fingerprint density at radius 3 is 2.89 bits per heavy atom. The summed E-state index contributed by atoms with van der Waals surface area (Å²) in [4.78, 5) is 33.4. The summed E-state index contributed by atoms with van der Waals surface area (Å²) in [5.74, 6) is -2.76. The van der Waals surface area contributed by atoms with E-state index in [9.17, 15) is 14.4 Å². The van der Waals surface area contributed by atoms with E-state index in [0.29, 0.717) is 17.1 Å². The number of amides is 2. The number of hydrogen-bond acceptors (Lipinski definition) is 4. The molecule has 1 aromatic rings. The van der Waals surface area contributed by atoms with Gasteiger partial charge in [0.05, 0.1) is 5.69 Å². The first kappa shape index (κ1) is 12.9. The fourth-order valence-corrected chi connectivity index (χ4v) is 1.52. The van der Waals surface area contributed by atoms with Crippen molar-refractivity contribution >= 4 is 29.2 Å². The van der Waals surface area contributed by atoms with Crippen molar-refractivity contribution in [3.8, 4) is 5.75 Å². The van der Waals surface area contributed by atoms with Gasteiger partial charge in [-0.3, -0.25) is 14.4 Å². The molecule has 0 saturated heterocycles. The van der Waals surface area contributed by atoms with Gasteiger partial charge in [-0.05, 0) is 25.1 Å². The van der Waals surface area contributed by atoms with Crippen molar-refractivity contribution in [2.45, 2.75) is 6.92 Å². The maximum atomic E-state index is 11.6. The fourth-order valence-electron chi connectivity index (χ4n) is 1.52. The third-order valence-electron chi connectivity index (χ3n) is 2.64. The van der Waals surface area contributed by atoms with E-state index in [-0.39, 0.29) is 12.5 Å². The van der Waals surface area contributed by atoms with E-state index in [1.54, 1.807) is 12.1 Å². The minimum atomic E-state index is -1.20. The average molecular weight is 264 g/mol. The molecule has 2 rings (SSSR count). The molecule has 1 heterocycles. The average Bonchev–Trinajstić information content (AvgIpc) is 2.37. The second kappa shape index (κ2) is 4.97. The van der Waals surface area contributed by atoms with E-state index >= 15 is 0 Å². The summed E-state index contributed by atoms with van der Waals surface area (Å²) < 4.78 is 5.16. The highest BCUT2D eigenvalue weighted by Gasteiger charge is 2.21. The predicted octanol–water partition coefficient (Wildman–Crippen LogP) is 0.677. The Bertz CT molecular complexity index is 555. The third-order valence-corrected chi connectivity index (χ3v) is 2.64. The van der Waals surface area contributed by atoms with Gasteiger partial charge in [-0.25, -0.2) is 0 Å². The van der Waals surface area contributed by atoms with Crippen LogP contribution in [0.4, 0.5) is 11.4 Å². The number of benzene rings is 1. The van der Waals surface area contributed by atoms with Gasteiger partial charge in [-0.1, -0.05) is 0 Å². The van der Waals surface area contributed by atoms with Crippen LogP contribution in [0.3, 0.4) is 0 Å². The van der Waals surface area contributed by atoms with Gasteiger partial charge in [-0.2, -0.15) is 0 Å². The van der Waals surface area contributed by atoms with Gasteiger partial charge >= 0.3 is 5.97 Å². The van der Waals surface area contributed by atoms with Gasteiger partial charge in [0.1, 0.15) is 11.7 Å². The third kappa shape index (κ3) is 2.82. The maximum Gasteiger partial charge on any atom is 0.315 e. The van der Waals surface area contributed by atoms with Crippen LogP contribution >= 0.6 is 0 Å². The van der Waals surface area contributed by atoms with Crippen LogP contribution in [0.5, 0.6) is 5.75 Å². The molecule has 7 heteroatoms. The summed E-state index contributed by atoms with van der Waals surface area (Å²) in [5, 5.41) is 13.8. The summed E-state index contributed by atoms with van der Waals surface area (Å²) in [6.07, 6.45) is 0. The van der Waals surface area contributed by atoms with Gasteiger partial charge < -0.3 is 20.5 Å². The highest BCUT2D eigenvalue weighted by molar-refractivity contribution is 6.04. The number of ether oxygens (including phenoxy) is 1. The lowest BCUT2D eigenvalue weighted by Gasteiger charge is -2.18. The largest absolute Gasteiger partial charge is 0.482 e. The molecule has 0 aromatic heterocycles. The van der Waals surface area contributed by atoms with Crippen LogP contribution in [0, 0.1) is 5.92 Å². The number of hydrogen-bond donors (Lipinski definition) is 3. The lowest BCUT2D eigenvalue weighted by molar-refractivity contribution is -0.144. The first-order valence-corrected chi connectivity index (χ1v) is 5.58. The van der Waals surface area contributed by atoms with E-state index in [2.05, 4.69) is 10.6 Å². The van der Waals surface area contributed by atoms with Crippen molar-refractivity contribution in [2.24, 2.45) is 5.92 Å². The molecule has 2 amide bonds. The number of carbonyl (C=O) groups is 3. The SMILES string of the molecule is CC(C(=O)O)C(=O)Nc1ccc2c(c1)NC(=O)CO2. The Labute approximate surface area is 108 Å². The molecule has 1 aliphatic heterocycles. The fraction of sp³-hybridized carbons (Fsp3) is 0.250. The highest BCUT2D eigenvalue weighted by Crippen LogP contribution is 2.30. The van der Waals surface area contributed by atoms with Crippen molar-refractivity contribution in [1.82, 2.24) is 0 Å². The smallest absolute Gasteiger partial charge is 0.315 e. The lowest BCUT2D eigenvalue weighted by Crippen LogP contribution is -2.27. The normalized spacial score (nSPS) is 14.7. The molecule has 0 saturated carbocycles. The van der Waals surface area contributed by atoms with Crippen molar-refractivity contribution in [2.75, 3.05) is 17.2 Å². The van der Waals surface area contributed by atoms with Crippen LogP contribution in [0.1, 0.15) is 6.92 Å². The van der Waals surface area contributed by atoms with Crippen LogP contribution in [0.25, 0.3) is 0 Å². The molecule has 1 aliphatic rings. The van der Waals surface area contributed by atoms with Crippen molar-refractivity contribution in [3.05, 3.63) is 18.2 Å². The quantitative estimate of drug-likeness (QED) is 0.696. The molecule has 0 bridgehead atoms. The van der Waals surface area contributed by atoms with E-state index in [1.807, 2.05) is 0 Å². The lowest BCUT2D eigenvalue weighted by atomic mass is 10.1. The van der Waals surface area contributed by atoms with Crippen LogP contribution in [0.15, 0.2) is 18.2 Å². The van der Waals surface area contributed by atoms with E-state index in [1.165, 1.54) is 13.0 Å². The Morgan fingerprint density at radius 1 is 1.47 bits per heavy atom. The van der Waals surface area contributed by atoms with Gasteiger partial charge in [0.25, 0.3) is 5.91 Å². The Kier molecular flexibility index (Phi) is 3.37. The molecule has 19 heavy (non-hydrogen) atoms. The topological polar surface area (TPSA) is 105 Å². The summed E-state index contributed by atoms with van der Waals surface area (Å²) in [6.45, 7) is 1.25. The Hall–Kier alpha value is -2.57. The van der Waals surface area contributed by atoms with Crippen molar-refractivity contribution in [3.63, 3.8) is 0 Å². The summed E-state index contributed by atoms with van der Waals surface area (Å²) in [7, 11) is 0. The second-order valence-corrected chi connectivity index (χ2v) is 4.10. The first-order valence-electron chi connectivity index (χ1n) is 5.58. The minimum absolute atomic E-state index is 0.0469. The summed E-state index contributed by atoms with van der Waals surface area (Å²) >= 11 is 0. The monoisotopic (exact) mass is 264 g/mol. The molecule has 3 N–H and O–H groups in total. The molecular weight excluding hydrogens is 252 g/mol. The number of carboxylic acid groups (broad SMARTS) is 1. The van der Waals surface area contributed by atoms with E-state index in [4.69, 9.17) is 9.84 Å². The number of aliphatic carboxylic acids is 1. The van der Waals surface area contributed by atoms with Gasteiger partial charge in [-0.15, -0.1) is 0 Å². The van der Waals surface area contributed by atoms with Crippen molar-refractivity contribution < 1.29 is 24.2 Å². The van der Waals surface area contributed by atoms with Gasteiger partial charge in [0.2, 0.25) is 5.91 Å². The molecule has 0 fully saturated rings. The van der Waals surface area contributed by atoms with Crippen LogP contribution in [0.2, 0.25) is 0 Å². The molecule has 1 aromatic carbocycles. The number of nitrogens with one attached hydrogen (secondary N) is 2. The highest BCUT2D eigenvalue weighted by atomic mass is 16.5. The molecule has 1 unspecified atom stereocenters. The zero-order chi connectivity index (χ0) is 14.0. The first-order chi connectivity index (χ1) is 8.97. The molecule has 0 radical (unpaired) electrons. The molecular formula is C12H12N2O5. The summed E-state index contributed by atoms with van der Waals surface area (Å²) in [6, 6.07) is 4.68. The molecule has 7 nitrogen and oxygen atoms in total. The van der Waals surface area contributed by atoms with Gasteiger partial charge in [0, 0.05) is 5.69 Å². The number of rotatable bonds is 3.